The third-order valence-electron chi connectivity index (χ3n) is 12.6. The standard InChI is InChI=1S/2C24H23O.C2H6Si.2ClH.Zr/c2*1-4-17-7-6-8-20(13-17)24-18(5-2)10-11-19-14-21(15-22(19)24)23-12-9-16(3)25-23;1-3-2;;;/h2*6-15H,4-5H2,1-3H3;1-2H3;2*1H;/q;;;;;+2/p-2. The number of allylic oxidation sites excluding steroid dienone is 2. The van der Waals surface area contributed by atoms with Crippen LogP contribution in [-0.4, -0.2) is 5.43 Å². The van der Waals surface area contributed by atoms with Crippen LogP contribution in [-0.2, 0) is 40.7 Å². The molecule has 6 heteroatoms. The van der Waals surface area contributed by atoms with E-state index in [1.165, 1.54) is 66.8 Å². The van der Waals surface area contributed by atoms with E-state index in [2.05, 4.69) is 150 Å². The second-order valence-corrected chi connectivity index (χ2v) is 54.8. The van der Waals surface area contributed by atoms with Gasteiger partial charge in [-0.15, -0.1) is 0 Å². The molecule has 2 atom stereocenters. The first-order chi connectivity index (χ1) is 26.9. The number of aryl methyl sites for hydroxylation is 6. The molecule has 56 heavy (non-hydrogen) atoms. The van der Waals surface area contributed by atoms with Crippen LogP contribution in [0, 0.1) is 13.8 Å². The van der Waals surface area contributed by atoms with Crippen molar-refractivity contribution in [1.29, 1.82) is 0 Å². The molecule has 6 aromatic rings. The fourth-order valence-corrected chi connectivity index (χ4v) is 37.3. The van der Waals surface area contributed by atoms with Crippen LogP contribution < -0.4 is 0 Å². The van der Waals surface area contributed by atoms with Crippen LogP contribution >= 0.6 is 17.0 Å². The fourth-order valence-electron chi connectivity index (χ4n) is 9.64. The first kappa shape index (κ1) is 39.4. The molecule has 0 saturated heterocycles. The van der Waals surface area contributed by atoms with E-state index in [0.29, 0.717) is 0 Å². The average Bonchev–Trinajstić information content (AvgIpc) is 4.02. The molecule has 2 nitrogen and oxygen atoms in total. The van der Waals surface area contributed by atoms with Crippen LogP contribution in [0.4, 0.5) is 0 Å². The van der Waals surface area contributed by atoms with E-state index < -0.39 is 20.4 Å². The van der Waals surface area contributed by atoms with Gasteiger partial charge in [-0.2, -0.15) is 0 Å². The number of rotatable bonds is 10. The van der Waals surface area contributed by atoms with Gasteiger partial charge in [0.2, 0.25) is 0 Å². The Balaban J connectivity index is 1.47. The molecule has 8 rings (SSSR count). The van der Waals surface area contributed by atoms with E-state index in [1.807, 2.05) is 13.8 Å². The first-order valence-corrected chi connectivity index (χ1v) is 35.7. The summed E-state index contributed by atoms with van der Waals surface area (Å²) in [5.74, 6) is 3.47. The van der Waals surface area contributed by atoms with Crippen molar-refractivity contribution in [2.24, 2.45) is 0 Å². The van der Waals surface area contributed by atoms with Crippen molar-refractivity contribution in [1.82, 2.24) is 0 Å². The maximum atomic E-state index is 9.00. The second kappa shape index (κ2) is 15.1. The van der Waals surface area contributed by atoms with Gasteiger partial charge in [0.25, 0.3) is 0 Å². The summed E-state index contributed by atoms with van der Waals surface area (Å²) in [7, 11) is 18.0. The molecule has 286 valence electrons. The molecule has 0 fully saturated rings. The molecule has 2 aliphatic rings. The zero-order chi connectivity index (χ0) is 39.5. The molecular weight excluding hydrogens is 823 g/mol. The third kappa shape index (κ3) is 6.30. The summed E-state index contributed by atoms with van der Waals surface area (Å²) in [6, 6.07) is 35.9. The van der Waals surface area contributed by atoms with Crippen molar-refractivity contribution in [2.75, 3.05) is 0 Å². The fraction of sp³-hybridized carbons (Fsp3) is 0.280. The second-order valence-electron chi connectivity index (χ2n) is 16.1. The molecule has 2 unspecified atom stereocenters. The predicted molar refractivity (Wildman–Crippen MR) is 239 cm³/mol. The Morgan fingerprint density at radius 3 is 1.32 bits per heavy atom. The average molecular weight is 875 g/mol. The van der Waals surface area contributed by atoms with Gasteiger partial charge < -0.3 is 0 Å². The van der Waals surface area contributed by atoms with E-state index >= 15 is 0 Å². The van der Waals surface area contributed by atoms with Crippen molar-refractivity contribution in [3.63, 3.8) is 0 Å². The van der Waals surface area contributed by atoms with Crippen LogP contribution in [0.25, 0.3) is 45.6 Å². The summed E-state index contributed by atoms with van der Waals surface area (Å²) in [5, 5.41) is 0. The molecule has 0 amide bonds. The summed E-state index contributed by atoms with van der Waals surface area (Å²) in [5.41, 5.74) is 16.1. The maximum absolute atomic E-state index is 9.00. The van der Waals surface area contributed by atoms with Gasteiger partial charge in [-0.1, -0.05) is 0 Å². The molecule has 0 spiro atoms. The normalized spacial score (nSPS) is 16.5. The Kier molecular flexibility index (Phi) is 10.6. The molecular formula is C50H52Cl2O2SiZr. The van der Waals surface area contributed by atoms with Crippen molar-refractivity contribution in [3.05, 3.63) is 165 Å². The Morgan fingerprint density at radius 1 is 0.554 bits per heavy atom. The van der Waals surface area contributed by atoms with E-state index in [-0.39, 0.29) is 7.25 Å². The summed E-state index contributed by atoms with van der Waals surface area (Å²) >= 11 is -5.38. The number of halogens is 2. The molecule has 0 bridgehead atoms. The molecule has 0 saturated carbocycles. The molecule has 2 aromatic heterocycles. The van der Waals surface area contributed by atoms with Crippen LogP contribution in [0.5, 0.6) is 0 Å². The van der Waals surface area contributed by atoms with Crippen molar-refractivity contribution in [2.45, 2.75) is 87.6 Å². The minimum atomic E-state index is -5.38. The van der Waals surface area contributed by atoms with Crippen molar-refractivity contribution in [3.8, 4) is 22.3 Å². The van der Waals surface area contributed by atoms with Gasteiger partial charge in [0.1, 0.15) is 0 Å². The van der Waals surface area contributed by atoms with Crippen molar-refractivity contribution < 1.29 is 23.8 Å². The number of furan rings is 2. The SMILES string of the molecule is CCc1cccc(-c2c(CC)ccc3c2C=C(c2ccc(C)o2)[CH]3[Zr]([Cl])([Cl])([CH]2C(c3ccc(C)o3)=Cc3c2ccc(CC)c3-c2cccc(CC)c2)=[Si](C)C)c1. The van der Waals surface area contributed by atoms with Gasteiger partial charge in [-0.05, 0) is 0 Å². The van der Waals surface area contributed by atoms with Crippen LogP contribution in [0.15, 0.2) is 106 Å². The van der Waals surface area contributed by atoms with E-state index in [9.17, 15) is 0 Å². The number of fused-ring (bicyclic) bond motifs is 2. The van der Waals surface area contributed by atoms with Gasteiger partial charge >= 0.3 is 344 Å². The zero-order valence-electron chi connectivity index (χ0n) is 33.9. The topological polar surface area (TPSA) is 26.3 Å². The van der Waals surface area contributed by atoms with Gasteiger partial charge in [0, 0.05) is 0 Å². The summed E-state index contributed by atoms with van der Waals surface area (Å²) < 4.78 is 12.8. The molecule has 0 aliphatic heterocycles. The van der Waals surface area contributed by atoms with Crippen LogP contribution in [0.1, 0.15) is 102 Å². The van der Waals surface area contributed by atoms with E-state index in [0.717, 1.165) is 59.9 Å². The van der Waals surface area contributed by atoms with Gasteiger partial charge in [-0.3, -0.25) is 0 Å². The minimum absolute atomic E-state index is 0.212. The Morgan fingerprint density at radius 2 is 0.982 bits per heavy atom. The Labute approximate surface area is 341 Å². The molecule has 2 heterocycles. The van der Waals surface area contributed by atoms with Crippen molar-refractivity contribution >= 4 is 45.8 Å². The Bertz CT molecular complexity index is 2490. The monoisotopic (exact) mass is 872 g/mol. The molecule has 4 aromatic carbocycles. The summed E-state index contributed by atoms with van der Waals surface area (Å²) in [6.45, 7) is 17.8. The molecule has 2 aliphatic carbocycles. The predicted octanol–water partition coefficient (Wildman–Crippen LogP) is 15.2. The summed E-state index contributed by atoms with van der Waals surface area (Å²) in [4.78, 5) is 0. The number of benzene rings is 4. The molecule has 0 N–H and O–H groups in total. The van der Waals surface area contributed by atoms with E-state index in [4.69, 9.17) is 25.9 Å². The Hall–Kier alpha value is -3.40. The van der Waals surface area contributed by atoms with E-state index in [1.54, 1.807) is 0 Å². The van der Waals surface area contributed by atoms with Gasteiger partial charge in [0.05, 0.1) is 0 Å². The zero-order valence-corrected chi connectivity index (χ0v) is 38.9. The molecule has 0 radical (unpaired) electrons. The first-order valence-electron chi connectivity index (χ1n) is 20.4. The number of hydrogen-bond acceptors (Lipinski definition) is 2. The van der Waals surface area contributed by atoms with Crippen LogP contribution in [0.2, 0.25) is 13.1 Å². The van der Waals surface area contributed by atoms with Gasteiger partial charge in [0.15, 0.2) is 0 Å². The summed E-state index contributed by atoms with van der Waals surface area (Å²) in [6.07, 6.45) is 8.59. The third-order valence-corrected chi connectivity index (χ3v) is 58.9. The quantitative estimate of drug-likeness (QED) is 0.128. The number of hydrogen-bond donors (Lipinski definition) is 0. The van der Waals surface area contributed by atoms with Gasteiger partial charge in [-0.25, -0.2) is 0 Å². The van der Waals surface area contributed by atoms with Crippen LogP contribution in [0.3, 0.4) is 0 Å².